The molecular weight excluding hydrogens is 274 g/mol. The molecule has 0 aliphatic carbocycles. The number of piperazine rings is 1. The van der Waals surface area contributed by atoms with Gasteiger partial charge in [0.25, 0.3) is 0 Å². The summed E-state index contributed by atoms with van der Waals surface area (Å²) in [4.78, 5) is 17.1. The summed E-state index contributed by atoms with van der Waals surface area (Å²) in [6.45, 7) is 11.0. The Bertz CT molecular complexity index is 519. The Labute approximate surface area is 133 Å². The number of carbonyl (C=O) groups excluding carboxylic acids is 1. The van der Waals surface area contributed by atoms with Gasteiger partial charge in [0.15, 0.2) is 0 Å². The van der Waals surface area contributed by atoms with Gasteiger partial charge in [0.1, 0.15) is 0 Å². The van der Waals surface area contributed by atoms with E-state index in [4.69, 9.17) is 0 Å². The molecule has 1 amide bonds. The van der Waals surface area contributed by atoms with Crippen LogP contribution in [0, 0.1) is 18.8 Å². The van der Waals surface area contributed by atoms with Crippen LogP contribution in [0.2, 0.25) is 0 Å². The summed E-state index contributed by atoms with van der Waals surface area (Å²) in [5, 5.41) is 3.26. The molecular formula is C18H27N3O. The van der Waals surface area contributed by atoms with E-state index in [-0.39, 0.29) is 5.92 Å². The van der Waals surface area contributed by atoms with Gasteiger partial charge in [-0.2, -0.15) is 0 Å². The zero-order chi connectivity index (χ0) is 15.5. The maximum absolute atomic E-state index is 12.5. The van der Waals surface area contributed by atoms with Gasteiger partial charge < -0.3 is 10.2 Å². The van der Waals surface area contributed by atoms with Gasteiger partial charge in [-0.15, -0.1) is 0 Å². The van der Waals surface area contributed by atoms with Gasteiger partial charge >= 0.3 is 0 Å². The molecule has 0 bridgehead atoms. The van der Waals surface area contributed by atoms with Crippen molar-refractivity contribution in [1.29, 1.82) is 0 Å². The van der Waals surface area contributed by atoms with E-state index in [2.05, 4.69) is 53.2 Å². The largest absolute Gasteiger partial charge is 0.340 e. The second-order valence-electron chi connectivity index (χ2n) is 6.73. The number of carbonyl (C=O) groups is 1. The molecule has 120 valence electrons. The lowest BCUT2D eigenvalue weighted by molar-refractivity contribution is -0.139. The van der Waals surface area contributed by atoms with Gasteiger partial charge in [0, 0.05) is 38.6 Å². The summed E-state index contributed by atoms with van der Waals surface area (Å²) in [7, 11) is 0. The van der Waals surface area contributed by atoms with Crippen molar-refractivity contribution in [2.75, 3.05) is 39.3 Å². The van der Waals surface area contributed by atoms with Crippen molar-refractivity contribution in [3.8, 4) is 0 Å². The van der Waals surface area contributed by atoms with Crippen molar-refractivity contribution in [3.05, 3.63) is 35.4 Å². The molecule has 22 heavy (non-hydrogen) atoms. The smallest absolute Gasteiger partial charge is 0.225 e. The van der Waals surface area contributed by atoms with Crippen LogP contribution in [-0.4, -0.2) is 55.0 Å². The molecule has 0 saturated carbocycles. The minimum atomic E-state index is 0.171. The van der Waals surface area contributed by atoms with Gasteiger partial charge in [-0.1, -0.05) is 31.2 Å². The summed E-state index contributed by atoms with van der Waals surface area (Å²) < 4.78 is 0. The first-order valence-electron chi connectivity index (χ1n) is 8.41. The van der Waals surface area contributed by atoms with Crippen molar-refractivity contribution in [1.82, 2.24) is 15.1 Å². The quantitative estimate of drug-likeness (QED) is 0.915. The third kappa shape index (κ3) is 3.33. The second-order valence-corrected chi connectivity index (χ2v) is 6.73. The molecule has 0 aromatic heterocycles. The van der Waals surface area contributed by atoms with E-state index in [0.29, 0.717) is 11.8 Å². The number of rotatable bonds is 4. The van der Waals surface area contributed by atoms with Crippen molar-refractivity contribution >= 4 is 5.91 Å². The van der Waals surface area contributed by atoms with Crippen LogP contribution in [-0.2, 0) is 11.3 Å². The summed E-state index contributed by atoms with van der Waals surface area (Å²) in [5.74, 6) is 1.06. The van der Waals surface area contributed by atoms with E-state index in [0.717, 1.165) is 45.8 Å². The van der Waals surface area contributed by atoms with E-state index in [1.165, 1.54) is 11.1 Å². The van der Waals surface area contributed by atoms with Crippen LogP contribution >= 0.6 is 0 Å². The average molecular weight is 301 g/mol. The summed E-state index contributed by atoms with van der Waals surface area (Å²) in [5.41, 5.74) is 2.75. The van der Waals surface area contributed by atoms with E-state index in [1.807, 2.05) is 0 Å². The molecule has 2 saturated heterocycles. The highest BCUT2D eigenvalue weighted by Gasteiger charge is 2.32. The zero-order valence-electron chi connectivity index (χ0n) is 13.7. The Morgan fingerprint density at radius 2 is 1.91 bits per heavy atom. The molecule has 1 N–H and O–H groups in total. The zero-order valence-corrected chi connectivity index (χ0v) is 13.7. The fourth-order valence-corrected chi connectivity index (χ4v) is 3.31. The Morgan fingerprint density at radius 1 is 1.23 bits per heavy atom. The third-order valence-electron chi connectivity index (χ3n) is 5.25. The fourth-order valence-electron chi connectivity index (χ4n) is 3.31. The van der Waals surface area contributed by atoms with Crippen molar-refractivity contribution in [2.45, 2.75) is 20.4 Å². The molecule has 2 heterocycles. The molecule has 1 aromatic rings. The van der Waals surface area contributed by atoms with Crippen LogP contribution < -0.4 is 5.32 Å². The van der Waals surface area contributed by atoms with Crippen LogP contribution in [0.25, 0.3) is 0 Å². The predicted molar refractivity (Wildman–Crippen MR) is 88.6 cm³/mol. The maximum atomic E-state index is 12.5. The number of amides is 1. The predicted octanol–water partition coefficient (Wildman–Crippen LogP) is 1.49. The lowest BCUT2D eigenvalue weighted by Gasteiger charge is -2.39. The van der Waals surface area contributed by atoms with E-state index < -0.39 is 0 Å². The van der Waals surface area contributed by atoms with E-state index >= 15 is 0 Å². The first kappa shape index (κ1) is 15.5. The summed E-state index contributed by atoms with van der Waals surface area (Å²) in [6.07, 6.45) is 0. The highest BCUT2D eigenvalue weighted by atomic mass is 16.2. The van der Waals surface area contributed by atoms with E-state index in [9.17, 15) is 4.79 Å². The van der Waals surface area contributed by atoms with Gasteiger partial charge in [-0.05, 0) is 37.1 Å². The first-order chi connectivity index (χ1) is 10.6. The maximum Gasteiger partial charge on any atom is 0.225 e. The molecule has 1 unspecified atom stereocenters. The fraction of sp³-hybridized carbons (Fsp3) is 0.611. The lowest BCUT2D eigenvalue weighted by atomic mass is 9.88. The SMILES string of the molecule is Cc1ccccc1CN1CCN(C(=O)C(C)C2CNC2)CC1. The molecule has 1 atom stereocenters. The molecule has 2 fully saturated rings. The van der Waals surface area contributed by atoms with Crippen LogP contribution in [0.15, 0.2) is 24.3 Å². The lowest BCUT2D eigenvalue weighted by Crippen LogP contribution is -2.54. The van der Waals surface area contributed by atoms with Gasteiger partial charge in [0.2, 0.25) is 5.91 Å². The van der Waals surface area contributed by atoms with Crippen LogP contribution in [0.4, 0.5) is 0 Å². The number of nitrogens with zero attached hydrogens (tertiary/aromatic N) is 2. The number of hydrogen-bond donors (Lipinski definition) is 1. The standard InChI is InChI=1S/C18H27N3O/c1-14-5-3-4-6-16(14)13-20-7-9-21(10-8-20)18(22)15(2)17-11-19-12-17/h3-6,15,17,19H,7-13H2,1-2H3. The third-order valence-corrected chi connectivity index (χ3v) is 5.25. The molecule has 0 spiro atoms. The van der Waals surface area contributed by atoms with Gasteiger partial charge in [-0.25, -0.2) is 0 Å². The topological polar surface area (TPSA) is 35.6 Å². The molecule has 3 rings (SSSR count). The number of benzene rings is 1. The van der Waals surface area contributed by atoms with E-state index in [1.54, 1.807) is 0 Å². The Morgan fingerprint density at radius 3 is 2.50 bits per heavy atom. The second kappa shape index (κ2) is 6.80. The molecule has 4 heteroatoms. The number of hydrogen-bond acceptors (Lipinski definition) is 3. The summed E-state index contributed by atoms with van der Waals surface area (Å²) in [6, 6.07) is 8.57. The summed E-state index contributed by atoms with van der Waals surface area (Å²) >= 11 is 0. The van der Waals surface area contributed by atoms with Crippen LogP contribution in [0.5, 0.6) is 0 Å². The molecule has 2 aliphatic heterocycles. The highest BCUT2D eigenvalue weighted by Crippen LogP contribution is 2.20. The minimum absolute atomic E-state index is 0.171. The minimum Gasteiger partial charge on any atom is -0.340 e. The van der Waals surface area contributed by atoms with Crippen LogP contribution in [0.1, 0.15) is 18.1 Å². The monoisotopic (exact) mass is 301 g/mol. The van der Waals surface area contributed by atoms with Crippen molar-refractivity contribution < 1.29 is 4.79 Å². The number of aryl methyl sites for hydroxylation is 1. The molecule has 4 nitrogen and oxygen atoms in total. The normalized spacial score (nSPS) is 21.5. The van der Waals surface area contributed by atoms with Crippen LogP contribution in [0.3, 0.4) is 0 Å². The Balaban J connectivity index is 1.50. The molecule has 0 radical (unpaired) electrons. The molecule has 2 aliphatic rings. The first-order valence-corrected chi connectivity index (χ1v) is 8.41. The number of nitrogens with one attached hydrogen (secondary N) is 1. The Hall–Kier alpha value is -1.39. The van der Waals surface area contributed by atoms with Gasteiger partial charge in [-0.3, -0.25) is 9.69 Å². The highest BCUT2D eigenvalue weighted by molar-refractivity contribution is 5.79. The molecule has 1 aromatic carbocycles. The average Bonchev–Trinajstić information content (AvgIpc) is 2.48. The Kier molecular flexibility index (Phi) is 4.79. The van der Waals surface area contributed by atoms with Crippen molar-refractivity contribution in [3.63, 3.8) is 0 Å². The van der Waals surface area contributed by atoms with Gasteiger partial charge in [0.05, 0.1) is 0 Å². The van der Waals surface area contributed by atoms with Crippen molar-refractivity contribution in [2.24, 2.45) is 11.8 Å².